The first-order valence-corrected chi connectivity index (χ1v) is 10.9. The van der Waals surface area contributed by atoms with Crippen LogP contribution in [0.3, 0.4) is 0 Å². The number of anilines is 1. The summed E-state index contributed by atoms with van der Waals surface area (Å²) in [7, 11) is 1.47. The highest BCUT2D eigenvalue weighted by Crippen LogP contribution is 2.33. The Labute approximate surface area is 208 Å². The number of carbonyl (C=O) groups excluding carboxylic acids is 2. The number of methoxy groups -OCH3 is 1. The second-order valence-corrected chi connectivity index (χ2v) is 7.91. The lowest BCUT2D eigenvalue weighted by Gasteiger charge is -2.13. The number of carbonyl (C=O) groups is 2. The normalized spacial score (nSPS) is 10.5. The molecular weight excluding hydrogens is 555 g/mol. The SMILES string of the molecule is COc1cc(/C=N/NC(=O)c2cccc([N+](=O)[O-])c2)cc(I)c1OCC(=O)Nc1ccccc1. The third-order valence-corrected chi connectivity index (χ3v) is 5.16. The number of non-ortho nitro benzene ring substituents is 1. The van der Waals surface area contributed by atoms with Gasteiger partial charge in [-0.1, -0.05) is 24.3 Å². The van der Waals surface area contributed by atoms with Crippen molar-refractivity contribution in [2.45, 2.75) is 0 Å². The third-order valence-electron chi connectivity index (χ3n) is 4.36. The van der Waals surface area contributed by atoms with Gasteiger partial charge in [-0.25, -0.2) is 5.43 Å². The first-order chi connectivity index (χ1) is 16.4. The first-order valence-electron chi connectivity index (χ1n) is 9.80. The van der Waals surface area contributed by atoms with Gasteiger partial charge in [-0.2, -0.15) is 5.10 Å². The predicted molar refractivity (Wildman–Crippen MR) is 134 cm³/mol. The minimum Gasteiger partial charge on any atom is -0.493 e. The van der Waals surface area contributed by atoms with Gasteiger partial charge in [-0.15, -0.1) is 0 Å². The van der Waals surface area contributed by atoms with Gasteiger partial charge in [0, 0.05) is 23.4 Å². The minimum absolute atomic E-state index is 0.107. The van der Waals surface area contributed by atoms with Crippen LogP contribution in [0, 0.1) is 13.7 Å². The zero-order chi connectivity index (χ0) is 24.5. The molecule has 0 unspecified atom stereocenters. The largest absolute Gasteiger partial charge is 0.493 e. The van der Waals surface area contributed by atoms with Crippen molar-refractivity contribution in [1.29, 1.82) is 0 Å². The minimum atomic E-state index is -0.592. The van der Waals surface area contributed by atoms with Crippen LogP contribution in [0.1, 0.15) is 15.9 Å². The number of nitro benzene ring substituents is 1. The summed E-state index contributed by atoms with van der Waals surface area (Å²) in [4.78, 5) is 34.6. The number of hydrogen-bond donors (Lipinski definition) is 2. The van der Waals surface area contributed by atoms with Crippen molar-refractivity contribution < 1.29 is 24.0 Å². The highest BCUT2D eigenvalue weighted by atomic mass is 127. The van der Waals surface area contributed by atoms with Gasteiger partial charge in [0.25, 0.3) is 17.5 Å². The lowest BCUT2D eigenvalue weighted by Crippen LogP contribution is -2.20. The molecule has 0 saturated heterocycles. The molecule has 10 nitrogen and oxygen atoms in total. The Kier molecular flexibility index (Phi) is 8.51. The molecule has 3 aromatic rings. The highest BCUT2D eigenvalue weighted by Gasteiger charge is 2.14. The summed E-state index contributed by atoms with van der Waals surface area (Å²) in [5, 5.41) is 17.5. The van der Waals surface area contributed by atoms with Gasteiger partial charge < -0.3 is 14.8 Å². The van der Waals surface area contributed by atoms with E-state index < -0.39 is 10.8 Å². The van der Waals surface area contributed by atoms with E-state index in [0.29, 0.717) is 26.3 Å². The number of para-hydroxylation sites is 1. The maximum atomic E-state index is 12.2. The molecule has 3 aromatic carbocycles. The van der Waals surface area contributed by atoms with E-state index in [2.05, 4.69) is 15.8 Å². The van der Waals surface area contributed by atoms with Crippen LogP contribution in [0.15, 0.2) is 71.8 Å². The number of ether oxygens (including phenoxy) is 2. The second-order valence-electron chi connectivity index (χ2n) is 6.74. The fourth-order valence-electron chi connectivity index (χ4n) is 2.80. The molecule has 0 aliphatic rings. The van der Waals surface area contributed by atoms with E-state index >= 15 is 0 Å². The molecule has 0 radical (unpaired) electrons. The topological polar surface area (TPSA) is 132 Å². The molecule has 0 heterocycles. The summed E-state index contributed by atoms with van der Waals surface area (Å²) in [5.41, 5.74) is 3.51. The number of nitro groups is 1. The summed E-state index contributed by atoms with van der Waals surface area (Å²) in [5.74, 6) is -0.139. The number of halogens is 1. The molecule has 0 spiro atoms. The maximum absolute atomic E-state index is 12.2. The molecule has 2 N–H and O–H groups in total. The lowest BCUT2D eigenvalue weighted by atomic mass is 10.2. The van der Waals surface area contributed by atoms with E-state index in [1.54, 1.807) is 24.3 Å². The van der Waals surface area contributed by atoms with Crippen LogP contribution >= 0.6 is 22.6 Å². The van der Waals surface area contributed by atoms with Crippen molar-refractivity contribution in [3.63, 3.8) is 0 Å². The molecule has 2 amide bonds. The summed E-state index contributed by atoms with van der Waals surface area (Å²) < 4.78 is 11.7. The number of nitrogens with one attached hydrogen (secondary N) is 2. The fourth-order valence-corrected chi connectivity index (χ4v) is 3.58. The van der Waals surface area contributed by atoms with Crippen molar-refractivity contribution in [2.75, 3.05) is 19.0 Å². The van der Waals surface area contributed by atoms with Crippen molar-refractivity contribution in [1.82, 2.24) is 5.43 Å². The van der Waals surface area contributed by atoms with Gasteiger partial charge in [-0.3, -0.25) is 19.7 Å². The maximum Gasteiger partial charge on any atom is 0.271 e. The van der Waals surface area contributed by atoms with E-state index in [9.17, 15) is 19.7 Å². The van der Waals surface area contributed by atoms with Gasteiger partial charge in [0.05, 0.1) is 21.8 Å². The van der Waals surface area contributed by atoms with Crippen molar-refractivity contribution in [2.24, 2.45) is 5.10 Å². The Balaban J connectivity index is 1.64. The molecule has 3 rings (SSSR count). The second kappa shape index (κ2) is 11.7. The van der Waals surface area contributed by atoms with Gasteiger partial charge >= 0.3 is 0 Å². The van der Waals surface area contributed by atoms with Crippen LogP contribution in [-0.2, 0) is 4.79 Å². The number of amides is 2. The molecule has 11 heteroatoms. The molecule has 0 atom stereocenters. The average Bonchev–Trinajstić information content (AvgIpc) is 2.83. The van der Waals surface area contributed by atoms with Crippen LogP contribution in [0.2, 0.25) is 0 Å². The molecule has 0 aromatic heterocycles. The Morgan fingerprint density at radius 2 is 1.88 bits per heavy atom. The Hall–Kier alpha value is -4.00. The van der Waals surface area contributed by atoms with Crippen LogP contribution in [0.25, 0.3) is 0 Å². The Morgan fingerprint density at radius 3 is 2.59 bits per heavy atom. The molecule has 174 valence electrons. The van der Waals surface area contributed by atoms with Crippen molar-refractivity contribution in [3.05, 3.63) is 91.5 Å². The van der Waals surface area contributed by atoms with Gasteiger partial charge in [0.15, 0.2) is 18.1 Å². The van der Waals surface area contributed by atoms with E-state index in [1.807, 2.05) is 40.8 Å². The molecule has 0 bridgehead atoms. The summed E-state index contributed by atoms with van der Waals surface area (Å²) in [6, 6.07) is 17.7. The Morgan fingerprint density at radius 1 is 1.12 bits per heavy atom. The fraction of sp³-hybridized carbons (Fsp3) is 0.0870. The van der Waals surface area contributed by atoms with E-state index in [-0.39, 0.29) is 23.8 Å². The third kappa shape index (κ3) is 6.75. The Bertz CT molecular complexity index is 1230. The summed E-state index contributed by atoms with van der Waals surface area (Å²) >= 11 is 2.04. The number of hydrogen-bond acceptors (Lipinski definition) is 7. The summed E-state index contributed by atoms with van der Waals surface area (Å²) in [6.07, 6.45) is 1.39. The zero-order valence-electron chi connectivity index (χ0n) is 17.9. The molecular formula is C23H19IN4O6. The highest BCUT2D eigenvalue weighted by molar-refractivity contribution is 14.1. The van der Waals surface area contributed by atoms with Crippen molar-refractivity contribution in [3.8, 4) is 11.5 Å². The quantitative estimate of drug-likeness (QED) is 0.172. The number of rotatable bonds is 9. The van der Waals surface area contributed by atoms with E-state index in [1.165, 1.54) is 31.5 Å². The molecule has 0 fully saturated rings. The predicted octanol–water partition coefficient (Wildman–Crippen LogP) is 3.99. The van der Waals surface area contributed by atoms with E-state index in [4.69, 9.17) is 9.47 Å². The number of hydrazone groups is 1. The number of benzene rings is 3. The average molecular weight is 574 g/mol. The smallest absolute Gasteiger partial charge is 0.271 e. The van der Waals surface area contributed by atoms with Crippen LogP contribution in [0.4, 0.5) is 11.4 Å². The van der Waals surface area contributed by atoms with Gasteiger partial charge in [0.1, 0.15) is 0 Å². The van der Waals surface area contributed by atoms with Crippen molar-refractivity contribution >= 4 is 52.0 Å². The zero-order valence-corrected chi connectivity index (χ0v) is 20.0. The molecule has 0 aliphatic heterocycles. The lowest BCUT2D eigenvalue weighted by molar-refractivity contribution is -0.384. The standard InChI is InChI=1S/C23H19IN4O6/c1-33-20-11-15(13-25-27-23(30)16-6-5-9-18(12-16)28(31)32)10-19(24)22(20)34-14-21(29)26-17-7-3-2-4-8-17/h2-13H,14H2,1H3,(H,26,29)(H,27,30)/b25-13+. The number of nitrogens with zero attached hydrogens (tertiary/aromatic N) is 2. The first kappa shape index (κ1) is 24.6. The monoisotopic (exact) mass is 574 g/mol. The van der Waals surface area contributed by atoms with Crippen LogP contribution in [-0.4, -0.2) is 36.7 Å². The molecule has 0 saturated carbocycles. The van der Waals surface area contributed by atoms with Gasteiger partial charge in [-0.05, 0) is 58.5 Å². The van der Waals surface area contributed by atoms with Crippen LogP contribution < -0.4 is 20.2 Å². The van der Waals surface area contributed by atoms with Crippen LogP contribution in [0.5, 0.6) is 11.5 Å². The van der Waals surface area contributed by atoms with Gasteiger partial charge in [0.2, 0.25) is 0 Å². The molecule has 0 aliphatic carbocycles. The summed E-state index contributed by atoms with van der Waals surface area (Å²) in [6.45, 7) is -0.214. The molecule has 34 heavy (non-hydrogen) atoms. The van der Waals surface area contributed by atoms with E-state index in [0.717, 1.165) is 6.07 Å².